The molecule has 0 N–H and O–H groups in total. The Kier molecular flexibility index (Phi) is 6.37. The number of aryl methyl sites for hydroxylation is 1. The molecule has 1 aromatic rings. The number of fused-ring (bicyclic) bond motifs is 1. The largest absolute Gasteiger partial charge is 0.253 e. The quantitative estimate of drug-likeness (QED) is 0.353. The number of hydrogen-bond acceptors (Lipinski definition) is 1. The van der Waals surface area contributed by atoms with Crippen LogP contribution in [0.1, 0.15) is 51.3 Å². The van der Waals surface area contributed by atoms with Crippen LogP contribution in [-0.2, 0) is 12.8 Å². The van der Waals surface area contributed by atoms with Crippen LogP contribution in [0.3, 0.4) is 0 Å². The summed E-state index contributed by atoms with van der Waals surface area (Å²) in [5, 5.41) is 0. The summed E-state index contributed by atoms with van der Waals surface area (Å²) >= 11 is 0. The van der Waals surface area contributed by atoms with E-state index in [4.69, 9.17) is 11.4 Å². The van der Waals surface area contributed by atoms with Crippen molar-refractivity contribution in [2.75, 3.05) is 0 Å². The molecule has 0 spiro atoms. The molecule has 0 heterocycles. The lowest BCUT2D eigenvalue weighted by Gasteiger charge is -2.07. The molecule has 1 heteroatoms. The first-order valence-electron chi connectivity index (χ1n) is 8.85. The highest BCUT2D eigenvalue weighted by atomic mass is 14.8. The van der Waals surface area contributed by atoms with Gasteiger partial charge in [0.2, 0.25) is 0 Å². The van der Waals surface area contributed by atoms with Gasteiger partial charge in [0.1, 0.15) is 0 Å². The van der Waals surface area contributed by atoms with Crippen molar-refractivity contribution in [2.45, 2.75) is 47.5 Å². The number of hydrogen-bond donors (Lipinski definition) is 0. The van der Waals surface area contributed by atoms with Gasteiger partial charge in [0, 0.05) is 17.7 Å². The van der Waals surface area contributed by atoms with Crippen molar-refractivity contribution in [2.24, 2.45) is 4.99 Å². The third-order valence-electron chi connectivity index (χ3n) is 4.27. The first-order valence-corrected chi connectivity index (χ1v) is 8.85. The van der Waals surface area contributed by atoms with Crippen molar-refractivity contribution in [1.82, 2.24) is 0 Å². The van der Waals surface area contributed by atoms with E-state index < -0.39 is 0 Å². The van der Waals surface area contributed by atoms with E-state index in [0.717, 1.165) is 29.8 Å². The third-order valence-corrected chi connectivity index (χ3v) is 4.27. The molecule has 1 aliphatic carbocycles. The van der Waals surface area contributed by atoms with Gasteiger partial charge in [-0.2, -0.15) is 0 Å². The van der Waals surface area contributed by atoms with E-state index in [1.165, 1.54) is 27.8 Å². The van der Waals surface area contributed by atoms with E-state index in [1.54, 1.807) is 0 Å². The number of nitrogens with zero attached hydrogens (tertiary/aromatic N) is 1. The van der Waals surface area contributed by atoms with Gasteiger partial charge >= 0.3 is 0 Å². The molecule has 128 valence electrons. The van der Waals surface area contributed by atoms with E-state index in [-0.39, 0.29) is 0 Å². The fraction of sp³-hybridized carbons (Fsp3) is 0.292. The summed E-state index contributed by atoms with van der Waals surface area (Å²) in [4.78, 5) is 4.88. The van der Waals surface area contributed by atoms with Crippen molar-refractivity contribution in [3.05, 3.63) is 75.5 Å². The zero-order valence-electron chi connectivity index (χ0n) is 16.0. The molecule has 0 radical (unpaired) electrons. The maximum Gasteiger partial charge on any atom is 0.0654 e. The minimum Gasteiger partial charge on any atom is -0.253 e. The second kappa shape index (κ2) is 8.49. The average Bonchev–Trinajstić information content (AvgIpc) is 3.01. The highest BCUT2D eigenvalue weighted by Gasteiger charge is 2.17. The Morgan fingerprint density at radius 3 is 2.64 bits per heavy atom. The second-order valence-corrected chi connectivity index (χ2v) is 6.58. The molecule has 25 heavy (non-hydrogen) atoms. The molecule has 0 amide bonds. The van der Waals surface area contributed by atoms with Crippen molar-refractivity contribution < 1.29 is 0 Å². The minimum absolute atomic E-state index is 0.841. The Bertz CT molecular complexity index is 845. The van der Waals surface area contributed by atoms with Gasteiger partial charge in [0.25, 0.3) is 0 Å². The highest BCUT2D eigenvalue weighted by molar-refractivity contribution is 5.95. The van der Waals surface area contributed by atoms with E-state index >= 15 is 0 Å². The molecule has 0 saturated carbocycles. The molecule has 2 rings (SSSR count). The zero-order chi connectivity index (χ0) is 18.4. The molecule has 0 atom stereocenters. The standard InChI is InChI=1S/C24H27N/c1-7-10-19(8-2)13-18(6)25-24(17(4)5)23-15-21-12-11-20(9-3)14-22(21)16-23/h2,7,10-14,16H,9,15H2,1,3-6H3/b10-7-,19-13-,25-18+. The van der Waals surface area contributed by atoms with Crippen LogP contribution < -0.4 is 0 Å². The van der Waals surface area contributed by atoms with Gasteiger partial charge in [-0.15, -0.1) is 6.42 Å². The van der Waals surface area contributed by atoms with Crippen molar-refractivity contribution in [3.8, 4) is 12.3 Å². The highest BCUT2D eigenvalue weighted by Crippen LogP contribution is 2.32. The SMILES string of the molecule is C#CC(/C=C\C)=C/C(C)=N/C(C1=Cc2cc(CC)ccc2C1)=C(C)C. The molecule has 0 unspecified atom stereocenters. The summed E-state index contributed by atoms with van der Waals surface area (Å²) in [6.07, 6.45) is 15.7. The van der Waals surface area contributed by atoms with E-state index in [1.807, 2.05) is 32.1 Å². The number of aliphatic imine (C=N–C) groups is 1. The van der Waals surface area contributed by atoms with Crippen molar-refractivity contribution in [3.63, 3.8) is 0 Å². The molecule has 1 nitrogen and oxygen atoms in total. The third kappa shape index (κ3) is 4.70. The summed E-state index contributed by atoms with van der Waals surface area (Å²) in [5.74, 6) is 2.70. The summed E-state index contributed by atoms with van der Waals surface area (Å²) in [7, 11) is 0. The van der Waals surface area contributed by atoms with Gasteiger partial charge < -0.3 is 0 Å². The lowest BCUT2D eigenvalue weighted by atomic mass is 10.0. The maximum absolute atomic E-state index is 5.56. The van der Waals surface area contributed by atoms with Crippen molar-refractivity contribution in [1.29, 1.82) is 0 Å². The Morgan fingerprint density at radius 2 is 2.04 bits per heavy atom. The summed E-state index contributed by atoms with van der Waals surface area (Å²) < 4.78 is 0. The Balaban J connectivity index is 2.37. The summed E-state index contributed by atoms with van der Waals surface area (Å²) in [5.41, 5.74) is 9.42. The van der Waals surface area contributed by atoms with Crippen LogP contribution in [0.5, 0.6) is 0 Å². The molecule has 0 aromatic heterocycles. The van der Waals surface area contributed by atoms with E-state index in [2.05, 4.69) is 51.0 Å². The minimum atomic E-state index is 0.841. The number of rotatable bonds is 5. The summed E-state index contributed by atoms with van der Waals surface area (Å²) in [6, 6.07) is 6.77. The zero-order valence-corrected chi connectivity index (χ0v) is 16.0. The summed E-state index contributed by atoms with van der Waals surface area (Å²) in [6.45, 7) is 10.4. The Labute approximate surface area is 152 Å². The first-order chi connectivity index (χ1) is 12.0. The smallest absolute Gasteiger partial charge is 0.0654 e. The monoisotopic (exact) mass is 329 g/mol. The maximum atomic E-state index is 5.56. The van der Waals surface area contributed by atoms with E-state index in [0.29, 0.717) is 0 Å². The van der Waals surface area contributed by atoms with Gasteiger partial charge in [-0.1, -0.05) is 48.8 Å². The molecule has 0 aliphatic heterocycles. The van der Waals surface area contributed by atoms with Gasteiger partial charge in [0.15, 0.2) is 0 Å². The topological polar surface area (TPSA) is 12.4 Å². The van der Waals surface area contributed by atoms with Crippen LogP contribution >= 0.6 is 0 Å². The van der Waals surface area contributed by atoms with Crippen molar-refractivity contribution >= 4 is 11.8 Å². The van der Waals surface area contributed by atoms with Crippen LogP contribution in [0.4, 0.5) is 0 Å². The Hall–Kier alpha value is -2.59. The van der Waals surface area contributed by atoms with Crippen LogP contribution in [-0.4, -0.2) is 5.71 Å². The van der Waals surface area contributed by atoms with Gasteiger partial charge in [-0.05, 0) is 68.5 Å². The van der Waals surface area contributed by atoms with Gasteiger partial charge in [-0.3, -0.25) is 4.99 Å². The molecule has 0 fully saturated rings. The van der Waals surface area contributed by atoms with Gasteiger partial charge in [-0.25, -0.2) is 0 Å². The lowest BCUT2D eigenvalue weighted by molar-refractivity contribution is 1.11. The number of allylic oxidation sites excluding steroid dienone is 6. The molecule has 0 saturated heterocycles. The van der Waals surface area contributed by atoms with Crippen LogP contribution in [0.2, 0.25) is 0 Å². The molecular formula is C24H27N. The fourth-order valence-corrected chi connectivity index (χ4v) is 3.01. The second-order valence-electron chi connectivity index (χ2n) is 6.58. The number of terminal acetylenes is 1. The lowest BCUT2D eigenvalue weighted by Crippen LogP contribution is -1.95. The van der Waals surface area contributed by atoms with Crippen LogP contribution in [0.15, 0.2) is 63.8 Å². The molecule has 1 aliphatic rings. The molecule has 1 aromatic carbocycles. The van der Waals surface area contributed by atoms with Crippen LogP contribution in [0, 0.1) is 12.3 Å². The molecule has 0 bridgehead atoms. The number of benzene rings is 1. The predicted molar refractivity (Wildman–Crippen MR) is 111 cm³/mol. The van der Waals surface area contributed by atoms with E-state index in [9.17, 15) is 0 Å². The normalized spacial score (nSPS) is 14.3. The van der Waals surface area contributed by atoms with Gasteiger partial charge in [0.05, 0.1) is 5.70 Å². The molecular weight excluding hydrogens is 302 g/mol. The Morgan fingerprint density at radius 1 is 1.28 bits per heavy atom. The first kappa shape index (κ1) is 18.7. The average molecular weight is 329 g/mol. The van der Waals surface area contributed by atoms with Crippen LogP contribution in [0.25, 0.3) is 6.08 Å². The predicted octanol–water partition coefficient (Wildman–Crippen LogP) is 6.08. The fourth-order valence-electron chi connectivity index (χ4n) is 3.01.